The lowest BCUT2D eigenvalue weighted by Gasteiger charge is -2.27. The van der Waals surface area contributed by atoms with E-state index in [4.69, 9.17) is 11.2 Å². The lowest BCUT2D eigenvalue weighted by atomic mass is 10.1. The molecule has 0 bridgehead atoms. The Morgan fingerprint density at radius 2 is 2.19 bits per heavy atom. The molecular weight excluding hydrogens is 202 g/mol. The highest BCUT2D eigenvalue weighted by Gasteiger charge is 2.34. The largest absolute Gasteiger partial charge is 0.444 e. The third-order valence-corrected chi connectivity index (χ3v) is 2.61. The van der Waals surface area contributed by atoms with Gasteiger partial charge in [0, 0.05) is 19.0 Å². The van der Waals surface area contributed by atoms with E-state index in [-0.39, 0.29) is 12.1 Å². The fourth-order valence-electron chi connectivity index (χ4n) is 2.02. The fourth-order valence-corrected chi connectivity index (χ4v) is 2.02. The van der Waals surface area contributed by atoms with E-state index in [1.165, 1.54) is 0 Å². The zero-order chi connectivity index (χ0) is 12.3. The number of likely N-dealkylation sites (tertiary alicyclic amines) is 1. The van der Waals surface area contributed by atoms with Crippen LogP contribution in [-0.4, -0.2) is 29.2 Å². The predicted octanol–water partition coefficient (Wildman–Crippen LogP) is 2.66. The quantitative estimate of drug-likeness (QED) is 0.640. The third-order valence-electron chi connectivity index (χ3n) is 2.61. The number of hydrogen-bond donors (Lipinski definition) is 0. The number of ether oxygens (including phenoxy) is 1. The van der Waals surface area contributed by atoms with E-state index in [2.05, 4.69) is 12.8 Å². The topological polar surface area (TPSA) is 29.5 Å². The van der Waals surface area contributed by atoms with Crippen LogP contribution in [0, 0.1) is 18.3 Å². The summed E-state index contributed by atoms with van der Waals surface area (Å²) in [4.78, 5) is 13.7. The van der Waals surface area contributed by atoms with E-state index in [9.17, 15) is 4.79 Å². The first-order valence-electron chi connectivity index (χ1n) is 5.76. The van der Waals surface area contributed by atoms with Crippen molar-refractivity contribution in [3.63, 3.8) is 0 Å². The predicted molar refractivity (Wildman–Crippen MR) is 64.0 cm³/mol. The molecule has 1 aliphatic heterocycles. The molecule has 0 unspecified atom stereocenters. The average Bonchev–Trinajstić information content (AvgIpc) is 2.44. The minimum atomic E-state index is -0.441. The molecule has 0 saturated carbocycles. The van der Waals surface area contributed by atoms with Crippen LogP contribution >= 0.6 is 0 Å². The minimum absolute atomic E-state index is 0.148. The molecule has 1 amide bonds. The molecule has 3 heteroatoms. The normalized spacial score (nSPS) is 25.3. The summed E-state index contributed by atoms with van der Waals surface area (Å²) in [5.74, 6) is 3.13. The van der Waals surface area contributed by atoms with Gasteiger partial charge in [0.2, 0.25) is 0 Å². The smallest absolute Gasteiger partial charge is 0.410 e. The van der Waals surface area contributed by atoms with Crippen molar-refractivity contribution >= 4 is 6.09 Å². The molecule has 0 aromatic carbocycles. The first-order chi connectivity index (χ1) is 7.33. The van der Waals surface area contributed by atoms with Gasteiger partial charge in [-0.3, -0.25) is 0 Å². The molecule has 1 saturated heterocycles. The number of rotatable bonds is 1. The Morgan fingerprint density at radius 3 is 2.69 bits per heavy atom. The maximum absolute atomic E-state index is 11.9. The summed E-state index contributed by atoms with van der Waals surface area (Å²) in [6, 6.07) is 0.148. The monoisotopic (exact) mass is 223 g/mol. The second-order valence-electron chi connectivity index (χ2n) is 5.54. The van der Waals surface area contributed by atoms with Gasteiger partial charge in [-0.15, -0.1) is 12.3 Å². The Kier molecular flexibility index (Phi) is 3.85. The molecule has 0 N–H and O–H groups in total. The van der Waals surface area contributed by atoms with Crippen LogP contribution in [0.15, 0.2) is 0 Å². The number of carbonyl (C=O) groups is 1. The fraction of sp³-hybridized carbons (Fsp3) is 0.769. The van der Waals surface area contributed by atoms with Gasteiger partial charge in [0.05, 0.1) is 0 Å². The van der Waals surface area contributed by atoms with Gasteiger partial charge in [0.1, 0.15) is 5.60 Å². The van der Waals surface area contributed by atoms with Crippen molar-refractivity contribution in [1.82, 2.24) is 4.90 Å². The van der Waals surface area contributed by atoms with Gasteiger partial charge in [0.25, 0.3) is 0 Å². The first-order valence-corrected chi connectivity index (χ1v) is 5.76. The van der Waals surface area contributed by atoms with Crippen LogP contribution < -0.4 is 0 Å². The molecule has 1 fully saturated rings. The Hall–Kier alpha value is -1.17. The highest BCUT2D eigenvalue weighted by Crippen LogP contribution is 2.26. The molecule has 0 aromatic rings. The molecule has 0 aromatic heterocycles. The van der Waals surface area contributed by atoms with Gasteiger partial charge >= 0.3 is 6.09 Å². The molecule has 90 valence electrons. The number of terminal acetylenes is 1. The van der Waals surface area contributed by atoms with Crippen LogP contribution in [0.5, 0.6) is 0 Å². The van der Waals surface area contributed by atoms with Crippen molar-refractivity contribution in [3.8, 4) is 12.3 Å². The maximum Gasteiger partial charge on any atom is 0.410 e. The van der Waals surface area contributed by atoms with Gasteiger partial charge in [-0.25, -0.2) is 4.79 Å². The molecule has 0 radical (unpaired) electrons. The van der Waals surface area contributed by atoms with Crippen molar-refractivity contribution in [2.75, 3.05) is 6.54 Å². The van der Waals surface area contributed by atoms with Crippen LogP contribution in [0.25, 0.3) is 0 Å². The van der Waals surface area contributed by atoms with Gasteiger partial charge in [0.15, 0.2) is 0 Å². The lowest BCUT2D eigenvalue weighted by molar-refractivity contribution is 0.0225. The van der Waals surface area contributed by atoms with E-state index >= 15 is 0 Å². The Balaban J connectivity index is 2.64. The van der Waals surface area contributed by atoms with E-state index in [1.54, 1.807) is 4.90 Å². The second kappa shape index (κ2) is 4.78. The summed E-state index contributed by atoms with van der Waals surface area (Å²) in [6.45, 7) is 8.51. The molecule has 1 aliphatic rings. The Bertz CT molecular complexity index is 298. The van der Waals surface area contributed by atoms with E-state index < -0.39 is 5.60 Å². The first kappa shape index (κ1) is 12.9. The maximum atomic E-state index is 11.9. The number of hydrogen-bond acceptors (Lipinski definition) is 2. The average molecular weight is 223 g/mol. The van der Waals surface area contributed by atoms with Crippen molar-refractivity contribution in [2.24, 2.45) is 5.92 Å². The summed E-state index contributed by atoms with van der Waals surface area (Å²) in [5, 5.41) is 0. The SMILES string of the molecule is C#CC[C@H]1C[C@H](C)CN1C(=O)OC(C)(C)C. The van der Waals surface area contributed by atoms with Crippen molar-refractivity contribution in [2.45, 2.75) is 52.2 Å². The van der Waals surface area contributed by atoms with Gasteiger partial charge < -0.3 is 9.64 Å². The lowest BCUT2D eigenvalue weighted by Crippen LogP contribution is -2.39. The van der Waals surface area contributed by atoms with Crippen LogP contribution in [0.1, 0.15) is 40.5 Å². The molecule has 1 heterocycles. The standard InChI is InChI=1S/C13H21NO2/c1-6-7-11-8-10(2)9-14(11)12(15)16-13(3,4)5/h1,10-11H,7-9H2,2-5H3/t10-,11-/m0/s1. The van der Waals surface area contributed by atoms with E-state index in [0.717, 1.165) is 13.0 Å². The molecule has 0 aliphatic carbocycles. The zero-order valence-electron chi connectivity index (χ0n) is 10.6. The summed E-state index contributed by atoms with van der Waals surface area (Å²) in [5.41, 5.74) is -0.441. The van der Waals surface area contributed by atoms with Crippen LogP contribution in [0.4, 0.5) is 4.79 Å². The number of carbonyl (C=O) groups excluding carboxylic acids is 1. The molecular formula is C13H21NO2. The van der Waals surface area contributed by atoms with E-state index in [0.29, 0.717) is 12.3 Å². The van der Waals surface area contributed by atoms with Crippen LogP contribution in [0.3, 0.4) is 0 Å². The summed E-state index contributed by atoms with van der Waals surface area (Å²) in [7, 11) is 0. The summed E-state index contributed by atoms with van der Waals surface area (Å²) in [6.07, 6.45) is 6.67. The third kappa shape index (κ3) is 3.44. The van der Waals surface area contributed by atoms with Gasteiger partial charge in [-0.2, -0.15) is 0 Å². The minimum Gasteiger partial charge on any atom is -0.444 e. The molecule has 3 nitrogen and oxygen atoms in total. The number of nitrogens with zero attached hydrogens (tertiary/aromatic N) is 1. The van der Waals surface area contributed by atoms with Crippen molar-refractivity contribution < 1.29 is 9.53 Å². The molecule has 2 atom stereocenters. The highest BCUT2D eigenvalue weighted by atomic mass is 16.6. The number of amides is 1. The molecule has 16 heavy (non-hydrogen) atoms. The Morgan fingerprint density at radius 1 is 1.56 bits per heavy atom. The van der Waals surface area contributed by atoms with Crippen LogP contribution in [-0.2, 0) is 4.74 Å². The molecule has 1 rings (SSSR count). The summed E-state index contributed by atoms with van der Waals surface area (Å²) >= 11 is 0. The van der Waals surface area contributed by atoms with Gasteiger partial charge in [-0.05, 0) is 33.1 Å². The van der Waals surface area contributed by atoms with Crippen molar-refractivity contribution in [1.29, 1.82) is 0 Å². The van der Waals surface area contributed by atoms with E-state index in [1.807, 2.05) is 20.8 Å². The van der Waals surface area contributed by atoms with Gasteiger partial charge in [-0.1, -0.05) is 6.92 Å². The highest BCUT2D eigenvalue weighted by molar-refractivity contribution is 5.69. The van der Waals surface area contributed by atoms with Crippen molar-refractivity contribution in [3.05, 3.63) is 0 Å². The second-order valence-corrected chi connectivity index (χ2v) is 5.54. The Labute approximate surface area is 98.1 Å². The summed E-state index contributed by atoms with van der Waals surface area (Å²) < 4.78 is 5.36. The zero-order valence-corrected chi connectivity index (χ0v) is 10.6. The molecule has 0 spiro atoms. The van der Waals surface area contributed by atoms with Crippen LogP contribution in [0.2, 0.25) is 0 Å².